The van der Waals surface area contributed by atoms with Gasteiger partial charge in [0, 0.05) is 35.2 Å². The Morgan fingerprint density at radius 3 is 2.43 bits per heavy atom. The van der Waals surface area contributed by atoms with E-state index in [1.54, 1.807) is 36.2 Å². The van der Waals surface area contributed by atoms with Crippen molar-refractivity contribution < 1.29 is 9.59 Å². The van der Waals surface area contributed by atoms with E-state index in [0.717, 1.165) is 29.0 Å². The van der Waals surface area contributed by atoms with Gasteiger partial charge in [-0.15, -0.1) is 11.3 Å². The smallest absolute Gasteiger partial charge is 0.257 e. The second kappa shape index (κ2) is 9.67. The molecule has 156 valence electrons. The summed E-state index contributed by atoms with van der Waals surface area (Å²) < 4.78 is 0. The number of amides is 2. The van der Waals surface area contributed by atoms with Crippen LogP contribution in [0.15, 0.2) is 48.5 Å². The highest BCUT2D eigenvalue weighted by Crippen LogP contribution is 2.31. The van der Waals surface area contributed by atoms with Crippen LogP contribution in [0.1, 0.15) is 51.4 Å². The van der Waals surface area contributed by atoms with Crippen LogP contribution in [0.3, 0.4) is 0 Å². The van der Waals surface area contributed by atoms with E-state index in [0.29, 0.717) is 22.8 Å². The van der Waals surface area contributed by atoms with Crippen molar-refractivity contribution in [3.8, 4) is 11.3 Å². The molecule has 1 N–H and O–H groups in total. The van der Waals surface area contributed by atoms with Gasteiger partial charge in [0.05, 0.1) is 5.69 Å². The van der Waals surface area contributed by atoms with E-state index in [1.165, 1.54) is 16.9 Å². The van der Waals surface area contributed by atoms with Gasteiger partial charge >= 0.3 is 0 Å². The summed E-state index contributed by atoms with van der Waals surface area (Å²) in [5, 5.41) is 3.42. The lowest BCUT2D eigenvalue weighted by molar-refractivity contribution is 0.0802. The summed E-state index contributed by atoms with van der Waals surface area (Å²) in [6.45, 7) is 6.69. The van der Waals surface area contributed by atoms with Gasteiger partial charge in [0.15, 0.2) is 5.13 Å². The van der Waals surface area contributed by atoms with Crippen LogP contribution < -0.4 is 5.32 Å². The number of rotatable bonds is 7. The Balaban J connectivity index is 1.76. The van der Waals surface area contributed by atoms with Gasteiger partial charge in [0.2, 0.25) is 0 Å². The number of nitrogens with one attached hydrogen (secondary N) is 1. The number of carbonyl (C=O) groups is 2. The van der Waals surface area contributed by atoms with Crippen molar-refractivity contribution in [2.45, 2.75) is 33.6 Å². The van der Waals surface area contributed by atoms with Gasteiger partial charge < -0.3 is 4.90 Å². The molecule has 0 atom stereocenters. The molecule has 3 aromatic rings. The SMILES string of the molecule is CCCc1ccc(-c2nc(NC(=O)c3cccc(C(=O)N(C)CC)c3)sc2C)cc1. The third-order valence-corrected chi connectivity index (χ3v) is 5.86. The first kappa shape index (κ1) is 21.7. The quantitative estimate of drug-likeness (QED) is 0.554. The van der Waals surface area contributed by atoms with E-state index < -0.39 is 0 Å². The van der Waals surface area contributed by atoms with Gasteiger partial charge in [-0.25, -0.2) is 4.98 Å². The zero-order chi connectivity index (χ0) is 21.7. The molecule has 30 heavy (non-hydrogen) atoms. The van der Waals surface area contributed by atoms with E-state index in [-0.39, 0.29) is 11.8 Å². The topological polar surface area (TPSA) is 62.3 Å². The summed E-state index contributed by atoms with van der Waals surface area (Å²) in [5.74, 6) is -0.381. The monoisotopic (exact) mass is 421 g/mol. The fourth-order valence-corrected chi connectivity index (χ4v) is 3.99. The largest absolute Gasteiger partial charge is 0.342 e. The van der Waals surface area contributed by atoms with Crippen molar-refractivity contribution in [3.63, 3.8) is 0 Å². The molecular formula is C24H27N3O2S. The number of benzene rings is 2. The lowest BCUT2D eigenvalue weighted by atomic mass is 10.1. The van der Waals surface area contributed by atoms with Crippen LogP contribution >= 0.6 is 11.3 Å². The Labute approximate surface area is 181 Å². The molecule has 5 nitrogen and oxygen atoms in total. The fourth-order valence-electron chi connectivity index (χ4n) is 3.16. The van der Waals surface area contributed by atoms with E-state index >= 15 is 0 Å². The standard InChI is InChI=1S/C24H27N3O2S/c1-5-8-17-11-13-18(14-12-17)21-16(3)30-24(25-21)26-22(28)19-9-7-10-20(15-19)23(29)27(4)6-2/h7,9-15H,5-6,8H2,1-4H3,(H,25,26,28). The van der Waals surface area contributed by atoms with Crippen molar-refractivity contribution in [3.05, 3.63) is 70.1 Å². The highest BCUT2D eigenvalue weighted by molar-refractivity contribution is 7.16. The first-order valence-electron chi connectivity index (χ1n) is 10.2. The third kappa shape index (κ3) is 4.94. The number of nitrogens with zero attached hydrogens (tertiary/aromatic N) is 2. The van der Waals surface area contributed by atoms with Crippen molar-refractivity contribution in [2.75, 3.05) is 18.9 Å². The van der Waals surface area contributed by atoms with E-state index in [4.69, 9.17) is 0 Å². The predicted octanol–water partition coefficient (Wildman–Crippen LogP) is 5.42. The lowest BCUT2D eigenvalue weighted by Crippen LogP contribution is -2.26. The Hall–Kier alpha value is -2.99. The second-order valence-corrected chi connectivity index (χ2v) is 8.43. The molecular weight excluding hydrogens is 394 g/mol. The number of hydrogen-bond donors (Lipinski definition) is 1. The first-order valence-corrected chi connectivity index (χ1v) is 11.0. The predicted molar refractivity (Wildman–Crippen MR) is 123 cm³/mol. The summed E-state index contributed by atoms with van der Waals surface area (Å²) in [7, 11) is 1.74. The molecule has 0 aliphatic rings. The van der Waals surface area contributed by atoms with E-state index in [1.807, 2.05) is 13.8 Å². The lowest BCUT2D eigenvalue weighted by Gasteiger charge is -2.14. The molecule has 1 aromatic heterocycles. The van der Waals surface area contributed by atoms with Crippen molar-refractivity contribution in [1.82, 2.24) is 9.88 Å². The van der Waals surface area contributed by atoms with Crippen LogP contribution in [0.25, 0.3) is 11.3 Å². The van der Waals surface area contributed by atoms with Crippen LogP contribution in [-0.2, 0) is 6.42 Å². The molecule has 2 aromatic carbocycles. The fraction of sp³-hybridized carbons (Fsp3) is 0.292. The number of aryl methyl sites for hydroxylation is 2. The van der Waals surface area contributed by atoms with Crippen molar-refractivity contribution in [1.29, 1.82) is 0 Å². The summed E-state index contributed by atoms with van der Waals surface area (Å²) in [6, 6.07) is 15.2. The van der Waals surface area contributed by atoms with Gasteiger partial charge in [-0.3, -0.25) is 14.9 Å². The zero-order valence-corrected chi connectivity index (χ0v) is 18.7. The van der Waals surface area contributed by atoms with Crippen LogP contribution in [0.4, 0.5) is 5.13 Å². The Morgan fingerprint density at radius 1 is 1.07 bits per heavy atom. The maximum atomic E-state index is 12.7. The molecule has 2 amide bonds. The molecule has 3 rings (SSSR count). The molecule has 0 aliphatic heterocycles. The van der Waals surface area contributed by atoms with Gasteiger partial charge in [-0.1, -0.05) is 43.7 Å². The molecule has 0 spiro atoms. The van der Waals surface area contributed by atoms with Crippen molar-refractivity contribution >= 4 is 28.3 Å². The van der Waals surface area contributed by atoms with Gasteiger partial charge in [-0.2, -0.15) is 0 Å². The highest BCUT2D eigenvalue weighted by atomic mass is 32.1. The Kier molecular flexibility index (Phi) is 7.00. The van der Waals surface area contributed by atoms with E-state index in [9.17, 15) is 9.59 Å². The molecule has 6 heteroatoms. The second-order valence-electron chi connectivity index (χ2n) is 7.22. The summed E-state index contributed by atoms with van der Waals surface area (Å²) >= 11 is 1.45. The summed E-state index contributed by atoms with van der Waals surface area (Å²) in [6.07, 6.45) is 2.18. The van der Waals surface area contributed by atoms with Crippen LogP contribution in [-0.4, -0.2) is 35.3 Å². The average molecular weight is 422 g/mol. The minimum absolute atomic E-state index is 0.106. The maximum Gasteiger partial charge on any atom is 0.257 e. The van der Waals surface area contributed by atoms with Crippen LogP contribution in [0, 0.1) is 6.92 Å². The number of carbonyl (C=O) groups excluding carboxylic acids is 2. The molecule has 0 bridgehead atoms. The first-order chi connectivity index (χ1) is 14.4. The van der Waals surface area contributed by atoms with Gasteiger partial charge in [0.1, 0.15) is 0 Å². The van der Waals surface area contributed by atoms with E-state index in [2.05, 4.69) is 41.5 Å². The highest BCUT2D eigenvalue weighted by Gasteiger charge is 2.16. The minimum atomic E-state index is -0.276. The van der Waals surface area contributed by atoms with Crippen LogP contribution in [0.2, 0.25) is 0 Å². The van der Waals surface area contributed by atoms with Gasteiger partial charge in [-0.05, 0) is 44.0 Å². The maximum absolute atomic E-state index is 12.7. The average Bonchev–Trinajstić information content (AvgIpc) is 3.13. The van der Waals surface area contributed by atoms with Crippen molar-refractivity contribution in [2.24, 2.45) is 0 Å². The summed E-state index contributed by atoms with van der Waals surface area (Å²) in [4.78, 5) is 32.4. The molecule has 0 unspecified atom stereocenters. The van der Waals surface area contributed by atoms with Crippen LogP contribution in [0.5, 0.6) is 0 Å². The number of anilines is 1. The molecule has 0 saturated carbocycles. The molecule has 0 saturated heterocycles. The Bertz CT molecular complexity index is 1040. The molecule has 0 radical (unpaired) electrons. The minimum Gasteiger partial charge on any atom is -0.342 e. The summed E-state index contributed by atoms with van der Waals surface area (Å²) in [5.41, 5.74) is 4.16. The Morgan fingerprint density at radius 2 is 1.77 bits per heavy atom. The molecule has 0 aliphatic carbocycles. The van der Waals surface area contributed by atoms with Gasteiger partial charge in [0.25, 0.3) is 11.8 Å². The number of hydrogen-bond acceptors (Lipinski definition) is 4. The zero-order valence-electron chi connectivity index (χ0n) is 17.9. The number of thiazole rings is 1. The normalized spacial score (nSPS) is 10.7. The number of aromatic nitrogens is 1. The molecule has 1 heterocycles. The molecule has 0 fully saturated rings. The third-order valence-electron chi connectivity index (χ3n) is 4.98.